The van der Waals surface area contributed by atoms with Crippen molar-refractivity contribution >= 4 is 11.6 Å². The molecule has 3 aromatic rings. The zero-order chi connectivity index (χ0) is 21.9. The monoisotopic (exact) mass is 441 g/mol. The number of ether oxygens (including phenoxy) is 1. The van der Waals surface area contributed by atoms with Crippen molar-refractivity contribution in [1.82, 2.24) is 25.2 Å². The second-order valence-electron chi connectivity index (χ2n) is 7.07. The molecule has 0 aliphatic rings. The quantitative estimate of drug-likeness (QED) is 0.574. The molecule has 7 nitrogen and oxygen atoms in total. The summed E-state index contributed by atoms with van der Waals surface area (Å²) in [6.07, 6.45) is -1.04. The Morgan fingerprint density at radius 3 is 2.53 bits per heavy atom. The van der Waals surface area contributed by atoms with Crippen LogP contribution in [0.4, 0.5) is 13.2 Å². The van der Waals surface area contributed by atoms with Crippen LogP contribution in [0.25, 0.3) is 0 Å². The van der Waals surface area contributed by atoms with Gasteiger partial charge >= 0.3 is 0 Å². The molecule has 1 aromatic carbocycles. The zero-order valence-electron chi connectivity index (χ0n) is 16.1. The van der Waals surface area contributed by atoms with Crippen molar-refractivity contribution in [2.75, 3.05) is 6.61 Å². The van der Waals surface area contributed by atoms with Gasteiger partial charge in [0.05, 0.1) is 18.5 Å². The third-order valence-corrected chi connectivity index (χ3v) is 4.60. The van der Waals surface area contributed by atoms with Crippen LogP contribution in [0.5, 0.6) is 5.75 Å². The number of nitrogens with zero attached hydrogens (tertiary/aromatic N) is 5. The molecule has 2 unspecified atom stereocenters. The smallest absolute Gasteiger partial charge is 0.273 e. The fourth-order valence-corrected chi connectivity index (χ4v) is 3.11. The Kier molecular flexibility index (Phi) is 6.57. The largest absolute Gasteiger partial charge is 0.492 e. The summed E-state index contributed by atoms with van der Waals surface area (Å²) in [7, 11) is 0. The van der Waals surface area contributed by atoms with Gasteiger partial charge in [-0.25, -0.2) is 17.9 Å². The van der Waals surface area contributed by atoms with Gasteiger partial charge in [0, 0.05) is 10.6 Å². The lowest BCUT2D eigenvalue weighted by Crippen LogP contribution is -2.45. The molecule has 160 valence electrons. The summed E-state index contributed by atoms with van der Waals surface area (Å²) < 4.78 is 49.6. The molecular formula is C19H19ClF3N5O2. The van der Waals surface area contributed by atoms with Crippen LogP contribution in [-0.2, 0) is 5.60 Å². The molecule has 30 heavy (non-hydrogen) atoms. The maximum absolute atomic E-state index is 14.6. The van der Waals surface area contributed by atoms with Gasteiger partial charge in [-0.1, -0.05) is 31.5 Å². The maximum Gasteiger partial charge on any atom is 0.273 e. The Hall–Kier alpha value is -2.72. The SMILES string of the molecule is CC(C)COc1ccc(C(n2cnnn2)C(O)(c2ccc(Cl)cc2F)C(F)F)nc1. The Morgan fingerprint density at radius 1 is 1.23 bits per heavy atom. The van der Waals surface area contributed by atoms with Crippen molar-refractivity contribution in [3.05, 3.63) is 65.0 Å². The second kappa shape index (κ2) is 8.97. The summed E-state index contributed by atoms with van der Waals surface area (Å²) in [6, 6.07) is 4.33. The van der Waals surface area contributed by atoms with Gasteiger partial charge in [-0.15, -0.1) is 5.10 Å². The van der Waals surface area contributed by atoms with E-state index in [1.54, 1.807) is 0 Å². The summed E-state index contributed by atoms with van der Waals surface area (Å²) in [4.78, 5) is 4.15. The van der Waals surface area contributed by atoms with Crippen molar-refractivity contribution < 1.29 is 23.0 Å². The van der Waals surface area contributed by atoms with E-state index in [0.717, 1.165) is 23.1 Å². The van der Waals surface area contributed by atoms with Gasteiger partial charge < -0.3 is 9.84 Å². The van der Waals surface area contributed by atoms with E-state index < -0.39 is 29.4 Å². The summed E-state index contributed by atoms with van der Waals surface area (Å²) in [6.45, 7) is 4.38. The highest BCUT2D eigenvalue weighted by atomic mass is 35.5. The number of halogens is 4. The Bertz CT molecular complexity index is 973. The Labute approximate surface area is 175 Å². The molecule has 0 spiro atoms. The molecule has 0 aliphatic carbocycles. The minimum atomic E-state index is -3.42. The van der Waals surface area contributed by atoms with E-state index >= 15 is 0 Å². The second-order valence-corrected chi connectivity index (χ2v) is 7.50. The Balaban J connectivity index is 2.10. The molecule has 0 bridgehead atoms. The van der Waals surface area contributed by atoms with Gasteiger partial charge in [-0.05, 0) is 40.6 Å². The van der Waals surface area contributed by atoms with Gasteiger partial charge in [0.25, 0.3) is 6.43 Å². The molecule has 11 heteroatoms. The molecule has 0 radical (unpaired) electrons. The lowest BCUT2D eigenvalue weighted by molar-refractivity contribution is -0.130. The molecule has 2 atom stereocenters. The topological polar surface area (TPSA) is 86.0 Å². The lowest BCUT2D eigenvalue weighted by atomic mass is 9.84. The van der Waals surface area contributed by atoms with E-state index in [1.165, 1.54) is 24.4 Å². The predicted octanol–water partition coefficient (Wildman–Crippen LogP) is 3.64. The molecule has 0 aliphatic heterocycles. The van der Waals surface area contributed by atoms with Crippen molar-refractivity contribution in [3.63, 3.8) is 0 Å². The number of tetrazole rings is 1. The van der Waals surface area contributed by atoms with Crippen molar-refractivity contribution in [2.24, 2.45) is 5.92 Å². The van der Waals surface area contributed by atoms with E-state index in [1.807, 2.05) is 13.8 Å². The van der Waals surface area contributed by atoms with Crippen LogP contribution in [0.3, 0.4) is 0 Å². The highest BCUT2D eigenvalue weighted by Crippen LogP contribution is 2.43. The van der Waals surface area contributed by atoms with Gasteiger partial charge in [0.1, 0.15) is 23.9 Å². The van der Waals surface area contributed by atoms with E-state index in [0.29, 0.717) is 12.4 Å². The molecule has 0 fully saturated rings. The molecule has 0 saturated heterocycles. The molecule has 2 heterocycles. The van der Waals surface area contributed by atoms with Crippen LogP contribution in [0.15, 0.2) is 42.9 Å². The molecule has 0 amide bonds. The number of hydrogen-bond donors (Lipinski definition) is 1. The highest BCUT2D eigenvalue weighted by Gasteiger charge is 2.51. The van der Waals surface area contributed by atoms with Crippen LogP contribution in [0, 0.1) is 11.7 Å². The number of hydrogen-bond acceptors (Lipinski definition) is 6. The van der Waals surface area contributed by atoms with E-state index in [9.17, 15) is 18.3 Å². The van der Waals surface area contributed by atoms with Crippen LogP contribution >= 0.6 is 11.6 Å². The fourth-order valence-electron chi connectivity index (χ4n) is 2.95. The third-order valence-electron chi connectivity index (χ3n) is 4.36. The summed E-state index contributed by atoms with van der Waals surface area (Å²) >= 11 is 5.74. The molecule has 3 rings (SSSR count). The number of benzene rings is 1. The Morgan fingerprint density at radius 2 is 2.00 bits per heavy atom. The zero-order valence-corrected chi connectivity index (χ0v) is 16.8. The molecular weight excluding hydrogens is 423 g/mol. The predicted molar refractivity (Wildman–Crippen MR) is 102 cm³/mol. The molecule has 1 N–H and O–H groups in total. The van der Waals surface area contributed by atoms with Crippen LogP contribution in [0.2, 0.25) is 5.02 Å². The minimum Gasteiger partial charge on any atom is -0.492 e. The van der Waals surface area contributed by atoms with E-state index in [4.69, 9.17) is 16.3 Å². The molecule has 0 saturated carbocycles. The number of aliphatic hydroxyl groups is 1. The minimum absolute atomic E-state index is 0.00313. The first kappa shape index (κ1) is 22.0. The van der Waals surface area contributed by atoms with E-state index in [2.05, 4.69) is 20.5 Å². The number of rotatable bonds is 8. The first-order chi connectivity index (χ1) is 14.2. The van der Waals surface area contributed by atoms with Crippen LogP contribution < -0.4 is 4.74 Å². The van der Waals surface area contributed by atoms with Gasteiger partial charge in [0.2, 0.25) is 0 Å². The third kappa shape index (κ3) is 4.39. The van der Waals surface area contributed by atoms with Crippen molar-refractivity contribution in [1.29, 1.82) is 0 Å². The highest BCUT2D eigenvalue weighted by molar-refractivity contribution is 6.30. The van der Waals surface area contributed by atoms with Gasteiger partial charge in [-0.3, -0.25) is 4.98 Å². The molecule has 2 aromatic heterocycles. The van der Waals surface area contributed by atoms with Crippen molar-refractivity contribution in [2.45, 2.75) is 31.9 Å². The summed E-state index contributed by atoms with van der Waals surface area (Å²) in [5.41, 5.74) is -3.72. The summed E-state index contributed by atoms with van der Waals surface area (Å²) in [5, 5.41) is 21.7. The van der Waals surface area contributed by atoms with Gasteiger partial charge in [0.15, 0.2) is 5.60 Å². The normalized spacial score (nSPS) is 14.7. The first-order valence-corrected chi connectivity index (χ1v) is 9.38. The average molecular weight is 442 g/mol. The average Bonchev–Trinajstić information content (AvgIpc) is 3.21. The van der Waals surface area contributed by atoms with Crippen LogP contribution in [0.1, 0.15) is 31.1 Å². The van der Waals surface area contributed by atoms with Gasteiger partial charge in [-0.2, -0.15) is 0 Å². The first-order valence-electron chi connectivity index (χ1n) is 9.00. The van der Waals surface area contributed by atoms with Crippen molar-refractivity contribution in [3.8, 4) is 5.75 Å². The standard InChI is InChI=1S/C19H19ClF3N5O2/c1-11(2)9-30-13-4-6-16(24-8-13)17(28-10-25-26-27-28)19(29,18(22)23)14-5-3-12(20)7-15(14)21/h3-8,10-11,17-18,29H,9H2,1-2H3. The summed E-state index contributed by atoms with van der Waals surface area (Å²) in [5.74, 6) is -0.406. The maximum atomic E-state index is 14.6. The van der Waals surface area contributed by atoms with Crippen LogP contribution in [-0.4, -0.2) is 43.3 Å². The van der Waals surface area contributed by atoms with E-state index in [-0.39, 0.29) is 16.6 Å². The fraction of sp³-hybridized carbons (Fsp3) is 0.368. The number of pyridine rings is 1. The number of alkyl halides is 2. The number of aromatic nitrogens is 5. The lowest BCUT2D eigenvalue weighted by Gasteiger charge is -2.35.